The van der Waals surface area contributed by atoms with Crippen molar-refractivity contribution in [3.63, 3.8) is 0 Å². The van der Waals surface area contributed by atoms with E-state index in [1.807, 2.05) is 37.3 Å². The Kier molecular flexibility index (Phi) is 3.52. The second-order valence-electron chi connectivity index (χ2n) is 6.22. The van der Waals surface area contributed by atoms with Gasteiger partial charge in [-0.1, -0.05) is 6.07 Å². The molecule has 1 saturated carbocycles. The zero-order valence-electron chi connectivity index (χ0n) is 13.3. The molecule has 1 aromatic heterocycles. The van der Waals surface area contributed by atoms with E-state index >= 15 is 0 Å². The van der Waals surface area contributed by atoms with Gasteiger partial charge in [-0.05, 0) is 43.2 Å². The second-order valence-corrected chi connectivity index (χ2v) is 6.22. The third-order valence-corrected chi connectivity index (χ3v) is 4.56. The Balaban J connectivity index is 1.47. The van der Waals surface area contributed by atoms with Gasteiger partial charge in [-0.2, -0.15) is 0 Å². The topological polar surface area (TPSA) is 71.8 Å². The van der Waals surface area contributed by atoms with E-state index in [0.717, 1.165) is 23.4 Å². The number of ether oxygens (including phenoxy) is 1. The summed E-state index contributed by atoms with van der Waals surface area (Å²) < 4.78 is 10.4. The summed E-state index contributed by atoms with van der Waals surface area (Å²) in [4.78, 5) is 25.8. The number of nitrogens with zero attached hydrogens (tertiary/aromatic N) is 1. The van der Waals surface area contributed by atoms with Crippen LogP contribution in [0, 0.1) is 12.8 Å². The Morgan fingerprint density at radius 1 is 1.33 bits per heavy atom. The quantitative estimate of drug-likeness (QED) is 0.936. The molecule has 2 fully saturated rings. The molecule has 0 spiro atoms. The van der Waals surface area contributed by atoms with Crippen molar-refractivity contribution in [2.45, 2.75) is 19.3 Å². The smallest absolute Gasteiger partial charge is 0.414 e. The van der Waals surface area contributed by atoms with E-state index in [1.165, 1.54) is 0 Å². The van der Waals surface area contributed by atoms with Gasteiger partial charge in [-0.25, -0.2) is 4.79 Å². The van der Waals surface area contributed by atoms with Crippen LogP contribution >= 0.6 is 0 Å². The monoisotopic (exact) mass is 326 g/mol. The molecule has 1 aliphatic heterocycles. The third kappa shape index (κ3) is 2.64. The van der Waals surface area contributed by atoms with Gasteiger partial charge in [0.1, 0.15) is 12.4 Å². The molecule has 0 bridgehead atoms. The van der Waals surface area contributed by atoms with Gasteiger partial charge in [0.05, 0.1) is 18.5 Å². The fraction of sp³-hybridized carbons (Fsp3) is 0.333. The van der Waals surface area contributed by atoms with Crippen molar-refractivity contribution in [2.24, 2.45) is 5.92 Å². The summed E-state index contributed by atoms with van der Waals surface area (Å²) in [7, 11) is 0. The van der Waals surface area contributed by atoms with Crippen LogP contribution < -0.4 is 10.2 Å². The normalized spacial score (nSPS) is 22.4. The molecule has 2 amide bonds. The van der Waals surface area contributed by atoms with Crippen LogP contribution in [0.15, 0.2) is 41.0 Å². The molecule has 2 aromatic rings. The highest BCUT2D eigenvalue weighted by molar-refractivity contribution is 5.97. The van der Waals surface area contributed by atoms with Crippen molar-refractivity contribution in [1.29, 1.82) is 0 Å². The third-order valence-electron chi connectivity index (χ3n) is 4.56. The summed E-state index contributed by atoms with van der Waals surface area (Å²) >= 11 is 0. The number of carbonyl (C=O) groups is 2. The number of hydrogen-bond acceptors (Lipinski definition) is 4. The number of carbonyl (C=O) groups excluding carboxylic acids is 2. The molecular formula is C18H18N2O4. The Bertz CT molecular complexity index is 784. The molecule has 2 aliphatic rings. The van der Waals surface area contributed by atoms with Crippen LogP contribution in [0.4, 0.5) is 16.2 Å². The number of amides is 2. The fourth-order valence-corrected chi connectivity index (χ4v) is 3.13. The first-order valence-electron chi connectivity index (χ1n) is 8.02. The highest BCUT2D eigenvalue weighted by Crippen LogP contribution is 2.48. The standard InChI is InChI=1S/C18H18N2O4/c1-11-4-5-12(9-15(11)20-6-8-24-18(20)22)19-17(21)14-10-13(14)16-3-2-7-23-16/h2-5,7,9,13-14H,6,8,10H2,1H3,(H,19,21)/t13-,14+/m1/s1. The largest absolute Gasteiger partial charge is 0.469 e. The minimum atomic E-state index is -0.346. The van der Waals surface area contributed by atoms with E-state index in [4.69, 9.17) is 9.15 Å². The number of furan rings is 1. The summed E-state index contributed by atoms with van der Waals surface area (Å²) in [6, 6.07) is 9.31. The maximum atomic E-state index is 12.4. The number of cyclic esters (lactones) is 1. The van der Waals surface area contributed by atoms with Crippen LogP contribution in [0.2, 0.25) is 0 Å². The lowest BCUT2D eigenvalue weighted by molar-refractivity contribution is -0.117. The van der Waals surface area contributed by atoms with Crippen molar-refractivity contribution in [3.05, 3.63) is 47.9 Å². The Labute approximate surface area is 139 Å². The summed E-state index contributed by atoms with van der Waals surface area (Å²) in [5.41, 5.74) is 2.42. The highest BCUT2D eigenvalue weighted by atomic mass is 16.6. The summed E-state index contributed by atoms with van der Waals surface area (Å²) in [5, 5.41) is 2.94. The van der Waals surface area contributed by atoms with Crippen molar-refractivity contribution in [2.75, 3.05) is 23.4 Å². The van der Waals surface area contributed by atoms with Gasteiger partial charge in [0.15, 0.2) is 0 Å². The van der Waals surface area contributed by atoms with Gasteiger partial charge in [0, 0.05) is 17.5 Å². The number of benzene rings is 1. The molecule has 6 nitrogen and oxygen atoms in total. The van der Waals surface area contributed by atoms with E-state index < -0.39 is 0 Å². The molecular weight excluding hydrogens is 308 g/mol. The first kappa shape index (κ1) is 14.8. The van der Waals surface area contributed by atoms with Crippen molar-refractivity contribution in [1.82, 2.24) is 0 Å². The summed E-state index contributed by atoms with van der Waals surface area (Å²) in [6.07, 6.45) is 2.09. The first-order valence-corrected chi connectivity index (χ1v) is 8.02. The first-order chi connectivity index (χ1) is 11.6. The van der Waals surface area contributed by atoms with E-state index in [0.29, 0.717) is 18.8 Å². The average Bonchev–Trinajstić information content (AvgIpc) is 2.97. The summed E-state index contributed by atoms with van der Waals surface area (Å²) in [5.74, 6) is 0.950. The molecule has 0 radical (unpaired) electrons. The van der Waals surface area contributed by atoms with Gasteiger partial charge < -0.3 is 14.5 Å². The van der Waals surface area contributed by atoms with Crippen LogP contribution in [-0.2, 0) is 9.53 Å². The molecule has 0 unspecified atom stereocenters. The molecule has 124 valence electrons. The SMILES string of the molecule is Cc1ccc(NC(=O)[C@H]2C[C@H]2c2ccco2)cc1N1CCOC1=O. The highest BCUT2D eigenvalue weighted by Gasteiger charge is 2.45. The second kappa shape index (κ2) is 5.70. The van der Waals surface area contributed by atoms with Crippen LogP contribution in [0.1, 0.15) is 23.7 Å². The Morgan fingerprint density at radius 3 is 2.92 bits per heavy atom. The molecule has 2 atom stereocenters. The molecule has 1 aromatic carbocycles. The predicted octanol–water partition coefficient (Wildman–Crippen LogP) is 3.29. The lowest BCUT2D eigenvalue weighted by Crippen LogP contribution is -2.24. The predicted molar refractivity (Wildman–Crippen MR) is 88.1 cm³/mol. The molecule has 1 aliphatic carbocycles. The number of anilines is 2. The minimum absolute atomic E-state index is 0.0183. The zero-order chi connectivity index (χ0) is 16.7. The minimum Gasteiger partial charge on any atom is -0.469 e. The van der Waals surface area contributed by atoms with E-state index in [2.05, 4.69) is 5.32 Å². The average molecular weight is 326 g/mol. The Hall–Kier alpha value is -2.76. The summed E-state index contributed by atoms with van der Waals surface area (Å²) in [6.45, 7) is 2.85. The number of hydrogen-bond donors (Lipinski definition) is 1. The van der Waals surface area contributed by atoms with E-state index in [1.54, 1.807) is 11.2 Å². The van der Waals surface area contributed by atoms with Gasteiger partial charge in [-0.3, -0.25) is 9.69 Å². The van der Waals surface area contributed by atoms with Gasteiger partial charge >= 0.3 is 6.09 Å². The van der Waals surface area contributed by atoms with Gasteiger partial charge in [-0.15, -0.1) is 0 Å². The fourth-order valence-electron chi connectivity index (χ4n) is 3.13. The van der Waals surface area contributed by atoms with Crippen LogP contribution in [-0.4, -0.2) is 25.2 Å². The maximum absolute atomic E-state index is 12.4. The maximum Gasteiger partial charge on any atom is 0.414 e. The number of aryl methyl sites for hydroxylation is 1. The van der Waals surface area contributed by atoms with Gasteiger partial charge in [0.25, 0.3) is 0 Å². The van der Waals surface area contributed by atoms with Crippen molar-refractivity contribution < 1.29 is 18.7 Å². The van der Waals surface area contributed by atoms with Crippen LogP contribution in [0.3, 0.4) is 0 Å². The lowest BCUT2D eigenvalue weighted by Gasteiger charge is -2.17. The zero-order valence-corrected chi connectivity index (χ0v) is 13.3. The number of nitrogens with one attached hydrogen (secondary N) is 1. The lowest BCUT2D eigenvalue weighted by atomic mass is 10.1. The van der Waals surface area contributed by atoms with Crippen molar-refractivity contribution >= 4 is 23.4 Å². The number of rotatable bonds is 4. The van der Waals surface area contributed by atoms with E-state index in [-0.39, 0.29) is 23.8 Å². The molecule has 4 rings (SSSR count). The molecule has 1 N–H and O–H groups in total. The van der Waals surface area contributed by atoms with Crippen LogP contribution in [0.5, 0.6) is 0 Å². The van der Waals surface area contributed by atoms with E-state index in [9.17, 15) is 9.59 Å². The van der Waals surface area contributed by atoms with Gasteiger partial charge in [0.2, 0.25) is 5.91 Å². The Morgan fingerprint density at radius 2 is 2.21 bits per heavy atom. The molecule has 2 heterocycles. The van der Waals surface area contributed by atoms with Crippen molar-refractivity contribution in [3.8, 4) is 0 Å². The van der Waals surface area contributed by atoms with Crippen LogP contribution in [0.25, 0.3) is 0 Å². The molecule has 6 heteroatoms. The molecule has 1 saturated heterocycles. The molecule has 24 heavy (non-hydrogen) atoms.